The summed E-state index contributed by atoms with van der Waals surface area (Å²) in [6, 6.07) is 7.89. The van der Waals surface area contributed by atoms with Gasteiger partial charge in [0, 0.05) is 17.5 Å². The number of nitrogens with zero attached hydrogens (tertiary/aromatic N) is 1. The SMILES string of the molecule is C=CCSC(=O)C(C#N)=C(C)NC(C)c1ccc(F)cc1. The first-order chi connectivity index (χ1) is 9.99. The van der Waals surface area contributed by atoms with Gasteiger partial charge in [0.05, 0.1) is 0 Å². The topological polar surface area (TPSA) is 52.9 Å². The lowest BCUT2D eigenvalue weighted by Crippen LogP contribution is -2.19. The maximum Gasteiger partial charge on any atom is 0.231 e. The van der Waals surface area contributed by atoms with Gasteiger partial charge in [0.15, 0.2) is 0 Å². The summed E-state index contributed by atoms with van der Waals surface area (Å²) in [6.45, 7) is 7.11. The molecule has 0 heterocycles. The first-order valence-corrected chi connectivity index (χ1v) is 7.39. The number of halogens is 1. The average molecular weight is 304 g/mol. The Morgan fingerprint density at radius 1 is 1.52 bits per heavy atom. The number of hydrogen-bond acceptors (Lipinski definition) is 4. The lowest BCUT2D eigenvalue weighted by molar-refractivity contribution is -0.107. The van der Waals surface area contributed by atoms with E-state index in [1.807, 2.05) is 13.0 Å². The number of nitrogens with one attached hydrogen (secondary N) is 1. The van der Waals surface area contributed by atoms with E-state index in [0.29, 0.717) is 11.4 Å². The van der Waals surface area contributed by atoms with E-state index in [1.165, 1.54) is 12.1 Å². The summed E-state index contributed by atoms with van der Waals surface area (Å²) in [5, 5.41) is 11.9. The van der Waals surface area contributed by atoms with Crippen LogP contribution in [-0.4, -0.2) is 10.9 Å². The third-order valence-corrected chi connectivity index (χ3v) is 3.69. The molecule has 1 aromatic carbocycles. The molecule has 1 N–H and O–H groups in total. The fourth-order valence-electron chi connectivity index (χ4n) is 1.72. The van der Waals surface area contributed by atoms with Gasteiger partial charge in [0.25, 0.3) is 0 Å². The Kier molecular flexibility index (Phi) is 6.70. The maximum absolute atomic E-state index is 12.9. The number of carbonyl (C=O) groups is 1. The molecule has 1 atom stereocenters. The van der Waals surface area contributed by atoms with Crippen LogP contribution >= 0.6 is 11.8 Å². The summed E-state index contributed by atoms with van der Waals surface area (Å²) in [5.74, 6) is 0.164. The van der Waals surface area contributed by atoms with Crippen LogP contribution in [0.5, 0.6) is 0 Å². The standard InChI is InChI=1S/C16H17FN2OS/c1-4-9-21-16(20)15(10-18)12(3)19-11(2)13-5-7-14(17)8-6-13/h4-8,11,19H,1,9H2,2-3H3. The molecule has 1 unspecified atom stereocenters. The predicted molar refractivity (Wildman–Crippen MR) is 83.9 cm³/mol. The Balaban J connectivity index is 2.85. The van der Waals surface area contributed by atoms with Crippen molar-refractivity contribution < 1.29 is 9.18 Å². The Bertz CT molecular complexity index is 587. The van der Waals surface area contributed by atoms with E-state index in [9.17, 15) is 9.18 Å². The van der Waals surface area contributed by atoms with Crippen LogP contribution in [0.25, 0.3) is 0 Å². The zero-order chi connectivity index (χ0) is 15.8. The van der Waals surface area contributed by atoms with E-state index in [-0.39, 0.29) is 22.5 Å². The quantitative estimate of drug-likeness (QED) is 0.494. The van der Waals surface area contributed by atoms with E-state index in [2.05, 4.69) is 11.9 Å². The molecule has 0 aliphatic carbocycles. The molecule has 3 nitrogen and oxygen atoms in total. The summed E-state index contributed by atoms with van der Waals surface area (Å²) in [4.78, 5) is 11.9. The zero-order valence-corrected chi connectivity index (χ0v) is 12.8. The van der Waals surface area contributed by atoms with Crippen LogP contribution in [0.4, 0.5) is 4.39 Å². The molecular weight excluding hydrogens is 287 g/mol. The monoisotopic (exact) mass is 304 g/mol. The van der Waals surface area contributed by atoms with Crippen molar-refractivity contribution in [2.75, 3.05) is 5.75 Å². The molecule has 5 heteroatoms. The van der Waals surface area contributed by atoms with Crippen molar-refractivity contribution in [3.8, 4) is 6.07 Å². The zero-order valence-electron chi connectivity index (χ0n) is 12.0. The molecule has 1 rings (SSSR count). The van der Waals surface area contributed by atoms with Crippen LogP contribution in [0.3, 0.4) is 0 Å². The fraction of sp³-hybridized carbons (Fsp3) is 0.250. The van der Waals surface area contributed by atoms with Crippen molar-refractivity contribution in [1.82, 2.24) is 5.32 Å². The molecule has 1 aromatic rings. The van der Waals surface area contributed by atoms with Crippen LogP contribution in [-0.2, 0) is 4.79 Å². The molecule has 21 heavy (non-hydrogen) atoms. The molecule has 110 valence electrons. The van der Waals surface area contributed by atoms with Crippen molar-refractivity contribution >= 4 is 16.9 Å². The number of benzene rings is 1. The van der Waals surface area contributed by atoms with E-state index in [1.54, 1.807) is 25.1 Å². The Morgan fingerprint density at radius 2 is 2.14 bits per heavy atom. The first kappa shape index (κ1) is 17.0. The van der Waals surface area contributed by atoms with Gasteiger partial charge >= 0.3 is 0 Å². The Hall–Kier alpha value is -2.06. The Morgan fingerprint density at radius 3 is 2.67 bits per heavy atom. The third-order valence-electron chi connectivity index (χ3n) is 2.83. The molecule has 0 aliphatic rings. The number of thioether (sulfide) groups is 1. The molecule has 0 saturated carbocycles. The smallest absolute Gasteiger partial charge is 0.231 e. The summed E-state index contributed by atoms with van der Waals surface area (Å²) in [7, 11) is 0. The van der Waals surface area contributed by atoms with Gasteiger partial charge < -0.3 is 5.32 Å². The highest BCUT2D eigenvalue weighted by Gasteiger charge is 2.14. The lowest BCUT2D eigenvalue weighted by atomic mass is 10.1. The van der Waals surface area contributed by atoms with Crippen LogP contribution < -0.4 is 5.32 Å². The van der Waals surface area contributed by atoms with Gasteiger partial charge in [-0.1, -0.05) is 30.0 Å². The van der Waals surface area contributed by atoms with Crippen molar-refractivity contribution in [3.05, 3.63) is 59.6 Å². The molecule has 0 aliphatic heterocycles. The van der Waals surface area contributed by atoms with Gasteiger partial charge in [-0.2, -0.15) is 5.26 Å². The van der Waals surface area contributed by atoms with Gasteiger partial charge in [-0.15, -0.1) is 6.58 Å². The minimum Gasteiger partial charge on any atom is -0.381 e. The van der Waals surface area contributed by atoms with E-state index in [0.717, 1.165) is 17.3 Å². The second kappa shape index (κ2) is 8.28. The minimum atomic E-state index is -0.299. The summed E-state index contributed by atoms with van der Waals surface area (Å²) in [5.41, 5.74) is 1.48. The van der Waals surface area contributed by atoms with E-state index >= 15 is 0 Å². The van der Waals surface area contributed by atoms with E-state index in [4.69, 9.17) is 5.26 Å². The van der Waals surface area contributed by atoms with Crippen molar-refractivity contribution in [2.45, 2.75) is 19.9 Å². The van der Waals surface area contributed by atoms with Crippen LogP contribution in [0.15, 0.2) is 48.2 Å². The predicted octanol–water partition coefficient (Wildman–Crippen LogP) is 3.72. The van der Waals surface area contributed by atoms with Gasteiger partial charge in [0.2, 0.25) is 5.12 Å². The van der Waals surface area contributed by atoms with Crippen LogP contribution in [0.1, 0.15) is 25.5 Å². The number of hydrogen-bond donors (Lipinski definition) is 1. The maximum atomic E-state index is 12.9. The molecule has 0 spiro atoms. The van der Waals surface area contributed by atoms with Crippen LogP contribution in [0.2, 0.25) is 0 Å². The normalized spacial score (nSPS) is 12.9. The molecule has 0 bridgehead atoms. The van der Waals surface area contributed by atoms with Crippen LogP contribution in [0, 0.1) is 17.1 Å². The highest BCUT2D eigenvalue weighted by Crippen LogP contribution is 2.18. The second-order valence-corrected chi connectivity index (χ2v) is 5.41. The molecule has 0 radical (unpaired) electrons. The number of rotatable bonds is 6. The van der Waals surface area contributed by atoms with Crippen molar-refractivity contribution in [1.29, 1.82) is 5.26 Å². The summed E-state index contributed by atoms with van der Waals surface area (Å²) >= 11 is 1.04. The van der Waals surface area contributed by atoms with Gasteiger partial charge in [0.1, 0.15) is 17.5 Å². The number of allylic oxidation sites excluding steroid dienone is 1. The van der Waals surface area contributed by atoms with Crippen molar-refractivity contribution in [3.63, 3.8) is 0 Å². The molecule has 0 fully saturated rings. The summed E-state index contributed by atoms with van der Waals surface area (Å²) in [6.07, 6.45) is 1.61. The fourth-order valence-corrected chi connectivity index (χ4v) is 2.33. The largest absolute Gasteiger partial charge is 0.381 e. The van der Waals surface area contributed by atoms with Gasteiger partial charge in [-0.25, -0.2) is 4.39 Å². The Labute approximate surface area is 128 Å². The summed E-state index contributed by atoms with van der Waals surface area (Å²) < 4.78 is 12.9. The highest BCUT2D eigenvalue weighted by molar-refractivity contribution is 8.14. The third kappa shape index (κ3) is 5.09. The molecule has 0 aromatic heterocycles. The first-order valence-electron chi connectivity index (χ1n) is 6.40. The van der Waals surface area contributed by atoms with Gasteiger partial charge in [-0.3, -0.25) is 4.79 Å². The average Bonchev–Trinajstić information content (AvgIpc) is 2.46. The van der Waals surface area contributed by atoms with E-state index < -0.39 is 0 Å². The number of nitriles is 1. The lowest BCUT2D eigenvalue weighted by Gasteiger charge is -2.17. The molecular formula is C16H17FN2OS. The minimum absolute atomic E-state index is 0.0933. The van der Waals surface area contributed by atoms with Crippen molar-refractivity contribution in [2.24, 2.45) is 0 Å². The molecule has 0 amide bonds. The second-order valence-electron chi connectivity index (χ2n) is 4.42. The molecule has 0 saturated heterocycles. The van der Waals surface area contributed by atoms with Gasteiger partial charge in [-0.05, 0) is 31.5 Å². The highest BCUT2D eigenvalue weighted by atomic mass is 32.2. The number of carbonyl (C=O) groups excluding carboxylic acids is 1.